The largest absolute Gasteiger partial charge is 0.481 e. The van der Waals surface area contributed by atoms with E-state index in [4.69, 9.17) is 9.84 Å². The minimum atomic E-state index is -0.850. The second-order valence-electron chi connectivity index (χ2n) is 4.19. The highest BCUT2D eigenvalue weighted by molar-refractivity contribution is 5.67. The van der Waals surface area contributed by atoms with Gasteiger partial charge in [-0.1, -0.05) is 0 Å². The van der Waals surface area contributed by atoms with E-state index in [9.17, 15) is 4.79 Å². The van der Waals surface area contributed by atoms with Gasteiger partial charge in [0.05, 0.1) is 12.5 Å². The maximum atomic E-state index is 10.7. The molecule has 0 aromatic carbocycles. The zero-order valence-corrected chi connectivity index (χ0v) is 11.1. The van der Waals surface area contributed by atoms with Crippen molar-refractivity contribution in [2.45, 2.75) is 33.3 Å². The molecule has 5 heteroatoms. The van der Waals surface area contributed by atoms with Crippen LogP contribution < -0.4 is 5.32 Å². The van der Waals surface area contributed by atoms with Gasteiger partial charge in [0.25, 0.3) is 0 Å². The molecule has 0 bridgehead atoms. The normalized spacial score (nSPS) is 12.2. The minimum absolute atomic E-state index is 0.00386. The van der Waals surface area contributed by atoms with E-state index in [2.05, 4.69) is 10.3 Å². The maximum Gasteiger partial charge on any atom is 0.306 e. The molecule has 0 radical (unpaired) electrons. The second kappa shape index (κ2) is 6.96. The lowest BCUT2D eigenvalue weighted by Gasteiger charge is -2.16. The van der Waals surface area contributed by atoms with E-state index < -0.39 is 5.97 Å². The van der Waals surface area contributed by atoms with Crippen LogP contribution in [0.25, 0.3) is 0 Å². The first-order chi connectivity index (χ1) is 8.51. The molecule has 0 saturated carbocycles. The van der Waals surface area contributed by atoms with Crippen LogP contribution in [0.4, 0.5) is 5.69 Å². The highest BCUT2D eigenvalue weighted by Crippen LogP contribution is 2.11. The SMILES string of the molecule is CCOC(CNc1cc(C)nc(C)c1)CC(=O)O. The van der Waals surface area contributed by atoms with Gasteiger partial charge in [-0.3, -0.25) is 9.78 Å². The molecule has 0 saturated heterocycles. The molecular formula is C13H20N2O3. The predicted octanol–water partition coefficient (Wildman–Crippen LogP) is 1.99. The Morgan fingerprint density at radius 3 is 2.56 bits per heavy atom. The lowest BCUT2D eigenvalue weighted by molar-refractivity contribution is -0.139. The van der Waals surface area contributed by atoms with Crippen molar-refractivity contribution in [3.8, 4) is 0 Å². The molecule has 0 amide bonds. The van der Waals surface area contributed by atoms with Crippen molar-refractivity contribution in [1.82, 2.24) is 4.98 Å². The summed E-state index contributed by atoms with van der Waals surface area (Å²) < 4.78 is 5.38. The molecule has 1 aromatic heterocycles. The Hall–Kier alpha value is -1.62. The fourth-order valence-corrected chi connectivity index (χ4v) is 1.79. The lowest BCUT2D eigenvalue weighted by atomic mass is 10.2. The van der Waals surface area contributed by atoms with Crippen molar-refractivity contribution in [2.24, 2.45) is 0 Å². The van der Waals surface area contributed by atoms with Crippen molar-refractivity contribution in [2.75, 3.05) is 18.5 Å². The molecule has 5 nitrogen and oxygen atoms in total. The highest BCUT2D eigenvalue weighted by atomic mass is 16.5. The number of aliphatic carboxylic acids is 1. The van der Waals surface area contributed by atoms with Crippen LogP contribution in [-0.4, -0.2) is 35.3 Å². The first kappa shape index (κ1) is 14.4. The lowest BCUT2D eigenvalue weighted by Crippen LogP contribution is -2.26. The Balaban J connectivity index is 2.57. The number of nitrogens with one attached hydrogen (secondary N) is 1. The summed E-state index contributed by atoms with van der Waals surface area (Å²) in [5.74, 6) is -0.850. The fraction of sp³-hybridized carbons (Fsp3) is 0.538. The summed E-state index contributed by atoms with van der Waals surface area (Å²) in [5, 5.41) is 12.0. The van der Waals surface area contributed by atoms with Crippen LogP contribution in [0.5, 0.6) is 0 Å². The van der Waals surface area contributed by atoms with Crippen molar-refractivity contribution in [3.05, 3.63) is 23.5 Å². The van der Waals surface area contributed by atoms with Gasteiger partial charge >= 0.3 is 5.97 Å². The third kappa shape index (κ3) is 5.14. The van der Waals surface area contributed by atoms with Crippen molar-refractivity contribution >= 4 is 11.7 Å². The van der Waals surface area contributed by atoms with Crippen molar-refractivity contribution in [1.29, 1.82) is 0 Å². The summed E-state index contributed by atoms with van der Waals surface area (Å²) in [5.41, 5.74) is 2.81. The number of carboxylic acids is 1. The van der Waals surface area contributed by atoms with Crippen molar-refractivity contribution in [3.63, 3.8) is 0 Å². The van der Waals surface area contributed by atoms with Gasteiger partial charge in [0, 0.05) is 30.2 Å². The average molecular weight is 252 g/mol. The van der Waals surface area contributed by atoms with Gasteiger partial charge in [-0.2, -0.15) is 0 Å². The minimum Gasteiger partial charge on any atom is -0.481 e. The van der Waals surface area contributed by atoms with Crippen LogP contribution in [0.15, 0.2) is 12.1 Å². The molecule has 1 unspecified atom stereocenters. The molecule has 0 aliphatic rings. The Morgan fingerprint density at radius 2 is 2.06 bits per heavy atom. The number of aromatic nitrogens is 1. The Labute approximate surface area is 107 Å². The van der Waals surface area contributed by atoms with Crippen LogP contribution in [0.2, 0.25) is 0 Å². The van der Waals surface area contributed by atoms with Crippen molar-refractivity contribution < 1.29 is 14.6 Å². The van der Waals surface area contributed by atoms with E-state index in [1.807, 2.05) is 32.9 Å². The summed E-state index contributed by atoms with van der Waals surface area (Å²) in [4.78, 5) is 15.0. The Morgan fingerprint density at radius 1 is 1.44 bits per heavy atom. The second-order valence-corrected chi connectivity index (χ2v) is 4.19. The highest BCUT2D eigenvalue weighted by Gasteiger charge is 2.13. The van der Waals surface area contributed by atoms with Gasteiger partial charge < -0.3 is 15.2 Å². The quantitative estimate of drug-likeness (QED) is 0.776. The standard InChI is InChI=1S/C13H20N2O3/c1-4-18-12(7-13(16)17)8-14-11-5-9(2)15-10(3)6-11/h5-6,12H,4,7-8H2,1-3H3,(H,14,15)(H,16,17). The number of pyridine rings is 1. The summed E-state index contributed by atoms with van der Waals surface area (Å²) in [6.07, 6.45) is -0.314. The summed E-state index contributed by atoms with van der Waals surface area (Å²) in [7, 11) is 0. The fourth-order valence-electron chi connectivity index (χ4n) is 1.79. The number of anilines is 1. The molecule has 0 fully saturated rings. The zero-order chi connectivity index (χ0) is 13.5. The predicted molar refractivity (Wildman–Crippen MR) is 69.9 cm³/mol. The summed E-state index contributed by atoms with van der Waals surface area (Å²) >= 11 is 0. The topological polar surface area (TPSA) is 71.5 Å². The number of hydrogen-bond donors (Lipinski definition) is 2. The van der Waals surface area contributed by atoms with E-state index in [0.29, 0.717) is 13.2 Å². The van der Waals surface area contributed by atoms with Crippen LogP contribution in [0.1, 0.15) is 24.7 Å². The van der Waals surface area contributed by atoms with Gasteiger partial charge in [0.1, 0.15) is 0 Å². The van der Waals surface area contributed by atoms with Gasteiger partial charge in [0.15, 0.2) is 0 Å². The Bertz CT molecular complexity index is 387. The third-order valence-electron chi connectivity index (χ3n) is 2.42. The number of carbonyl (C=O) groups is 1. The number of nitrogens with zero attached hydrogens (tertiary/aromatic N) is 1. The maximum absolute atomic E-state index is 10.7. The number of hydrogen-bond acceptors (Lipinski definition) is 4. The number of rotatable bonds is 7. The van der Waals surface area contributed by atoms with Crippen LogP contribution in [0.3, 0.4) is 0 Å². The average Bonchev–Trinajstić information content (AvgIpc) is 2.24. The summed E-state index contributed by atoms with van der Waals surface area (Å²) in [6.45, 7) is 6.69. The van der Waals surface area contributed by atoms with E-state index in [0.717, 1.165) is 17.1 Å². The first-order valence-corrected chi connectivity index (χ1v) is 6.03. The third-order valence-corrected chi connectivity index (χ3v) is 2.42. The molecule has 1 aromatic rings. The number of ether oxygens (including phenoxy) is 1. The van der Waals surface area contributed by atoms with Gasteiger partial charge in [0.2, 0.25) is 0 Å². The molecule has 0 aliphatic carbocycles. The van der Waals surface area contributed by atoms with E-state index in [1.165, 1.54) is 0 Å². The first-order valence-electron chi connectivity index (χ1n) is 6.03. The molecule has 0 aliphatic heterocycles. The molecule has 18 heavy (non-hydrogen) atoms. The number of aryl methyl sites for hydroxylation is 2. The van der Waals surface area contributed by atoms with Crippen LogP contribution >= 0.6 is 0 Å². The van der Waals surface area contributed by atoms with Gasteiger partial charge in [-0.25, -0.2) is 0 Å². The van der Waals surface area contributed by atoms with E-state index in [1.54, 1.807) is 0 Å². The molecule has 100 valence electrons. The van der Waals surface area contributed by atoms with Gasteiger partial charge in [-0.15, -0.1) is 0 Å². The van der Waals surface area contributed by atoms with E-state index >= 15 is 0 Å². The smallest absolute Gasteiger partial charge is 0.306 e. The van der Waals surface area contributed by atoms with Gasteiger partial charge in [-0.05, 0) is 32.9 Å². The molecule has 2 N–H and O–H groups in total. The molecule has 0 spiro atoms. The summed E-state index contributed by atoms with van der Waals surface area (Å²) in [6, 6.07) is 3.85. The number of carboxylic acid groups (broad SMARTS) is 1. The molecule has 1 atom stereocenters. The Kier molecular flexibility index (Phi) is 5.58. The van der Waals surface area contributed by atoms with Crippen LogP contribution in [0, 0.1) is 13.8 Å². The van der Waals surface area contributed by atoms with Crippen LogP contribution in [-0.2, 0) is 9.53 Å². The molecular weight excluding hydrogens is 232 g/mol. The molecule has 1 heterocycles. The zero-order valence-electron chi connectivity index (χ0n) is 11.1. The molecule has 1 rings (SSSR count). The monoisotopic (exact) mass is 252 g/mol. The van der Waals surface area contributed by atoms with E-state index in [-0.39, 0.29) is 12.5 Å².